The van der Waals surface area contributed by atoms with Crippen LogP contribution in [-0.2, 0) is 0 Å². The van der Waals surface area contributed by atoms with Gasteiger partial charge in [-0.05, 0) is 45.7 Å². The minimum Gasteiger partial charge on any atom is -0.388 e. The molecule has 0 bridgehead atoms. The highest BCUT2D eigenvalue weighted by molar-refractivity contribution is 5.93. The highest BCUT2D eigenvalue weighted by Crippen LogP contribution is 2.29. The number of hydrogen-bond acceptors (Lipinski definition) is 3. The molecule has 2 rings (SSSR count). The number of nitrogens with zero attached hydrogens (tertiary/aromatic N) is 2. The van der Waals surface area contributed by atoms with Crippen LogP contribution in [0.1, 0.15) is 33.6 Å². The van der Waals surface area contributed by atoms with Gasteiger partial charge in [0.2, 0.25) is 0 Å². The quantitative estimate of drug-likeness (QED) is 0.899. The topological polar surface area (TPSA) is 55.8 Å². The summed E-state index contributed by atoms with van der Waals surface area (Å²) in [6.45, 7) is 7.16. The molecular weight excluding hydrogens is 278 g/mol. The van der Waals surface area contributed by atoms with Crippen LogP contribution in [0.4, 0.5) is 16.2 Å². The van der Waals surface area contributed by atoms with E-state index in [-0.39, 0.29) is 12.1 Å². The van der Waals surface area contributed by atoms with Gasteiger partial charge in [0.15, 0.2) is 0 Å². The van der Waals surface area contributed by atoms with Crippen LogP contribution in [0.15, 0.2) is 24.3 Å². The Morgan fingerprint density at radius 3 is 2.77 bits per heavy atom. The van der Waals surface area contributed by atoms with Crippen molar-refractivity contribution in [3.63, 3.8) is 0 Å². The molecule has 1 aromatic rings. The van der Waals surface area contributed by atoms with Crippen molar-refractivity contribution in [2.75, 3.05) is 30.4 Å². The van der Waals surface area contributed by atoms with E-state index in [4.69, 9.17) is 0 Å². The number of hydrogen-bond donors (Lipinski definition) is 2. The molecule has 1 atom stereocenters. The molecule has 1 unspecified atom stereocenters. The molecule has 0 spiro atoms. The molecule has 0 saturated carbocycles. The van der Waals surface area contributed by atoms with Crippen molar-refractivity contribution in [1.29, 1.82) is 0 Å². The van der Waals surface area contributed by atoms with Crippen molar-refractivity contribution in [1.82, 2.24) is 4.90 Å². The Balaban J connectivity index is 2.16. The number of para-hydroxylation sites is 2. The average molecular weight is 305 g/mol. The van der Waals surface area contributed by atoms with E-state index in [0.29, 0.717) is 6.54 Å². The van der Waals surface area contributed by atoms with Crippen molar-refractivity contribution in [3.8, 4) is 0 Å². The molecule has 5 nitrogen and oxygen atoms in total. The first-order chi connectivity index (χ1) is 10.3. The fourth-order valence-electron chi connectivity index (χ4n) is 3.01. The highest BCUT2D eigenvalue weighted by atomic mass is 16.3. The first-order valence-electron chi connectivity index (χ1n) is 7.94. The van der Waals surface area contributed by atoms with E-state index in [9.17, 15) is 9.90 Å². The van der Waals surface area contributed by atoms with Gasteiger partial charge >= 0.3 is 6.03 Å². The zero-order chi connectivity index (χ0) is 16.3. The van der Waals surface area contributed by atoms with E-state index >= 15 is 0 Å². The maximum absolute atomic E-state index is 12.6. The minimum absolute atomic E-state index is 0.136. The molecular formula is C17H27N3O2. The van der Waals surface area contributed by atoms with Gasteiger partial charge < -0.3 is 20.2 Å². The predicted octanol–water partition coefficient (Wildman–Crippen LogP) is 2.91. The molecule has 22 heavy (non-hydrogen) atoms. The number of anilines is 2. The average Bonchev–Trinajstić information content (AvgIpc) is 2.96. The molecule has 1 fully saturated rings. The minimum atomic E-state index is -0.881. The molecule has 1 heterocycles. The predicted molar refractivity (Wildman–Crippen MR) is 90.4 cm³/mol. The fourth-order valence-corrected chi connectivity index (χ4v) is 3.01. The maximum Gasteiger partial charge on any atom is 0.322 e. The second kappa shape index (κ2) is 6.57. The normalized spacial score (nSPS) is 18.4. The molecule has 0 aromatic heterocycles. The Hall–Kier alpha value is -1.75. The Morgan fingerprint density at radius 1 is 1.45 bits per heavy atom. The maximum atomic E-state index is 12.6. The second-order valence-electron chi connectivity index (χ2n) is 6.47. The van der Waals surface area contributed by atoms with Crippen LogP contribution in [0.2, 0.25) is 0 Å². The number of amides is 2. The van der Waals surface area contributed by atoms with Crippen LogP contribution in [0.25, 0.3) is 0 Å². The Labute approximate surface area is 132 Å². The molecule has 2 N–H and O–H groups in total. The summed E-state index contributed by atoms with van der Waals surface area (Å²) < 4.78 is 0. The zero-order valence-corrected chi connectivity index (χ0v) is 14.0. The van der Waals surface area contributed by atoms with Gasteiger partial charge in [-0.25, -0.2) is 4.79 Å². The summed E-state index contributed by atoms with van der Waals surface area (Å²) in [6, 6.07) is 7.52. The van der Waals surface area contributed by atoms with E-state index < -0.39 is 5.60 Å². The highest BCUT2D eigenvalue weighted by Gasteiger charge is 2.38. The number of aliphatic hydroxyl groups is 1. The summed E-state index contributed by atoms with van der Waals surface area (Å²) in [5, 5.41) is 13.3. The largest absolute Gasteiger partial charge is 0.388 e. The fraction of sp³-hybridized carbons (Fsp3) is 0.588. The molecule has 0 radical (unpaired) electrons. The van der Waals surface area contributed by atoms with Crippen LogP contribution in [0.3, 0.4) is 0 Å². The summed E-state index contributed by atoms with van der Waals surface area (Å²) in [6.07, 6.45) is 1.77. The van der Waals surface area contributed by atoms with E-state index in [1.165, 1.54) is 0 Å². The molecule has 1 aliphatic rings. The van der Waals surface area contributed by atoms with E-state index in [1.54, 1.807) is 18.7 Å². The lowest BCUT2D eigenvalue weighted by molar-refractivity contribution is 0.0117. The summed E-state index contributed by atoms with van der Waals surface area (Å²) >= 11 is 0. The van der Waals surface area contributed by atoms with Crippen LogP contribution < -0.4 is 10.2 Å². The molecule has 0 aliphatic carbocycles. The number of likely N-dealkylation sites (tertiary alicyclic amines) is 1. The van der Waals surface area contributed by atoms with E-state index in [2.05, 4.69) is 17.1 Å². The van der Waals surface area contributed by atoms with Crippen LogP contribution in [-0.4, -0.2) is 47.8 Å². The van der Waals surface area contributed by atoms with Gasteiger partial charge in [-0.1, -0.05) is 12.1 Å². The Kier molecular flexibility index (Phi) is 4.96. The third-order valence-electron chi connectivity index (χ3n) is 4.36. The molecule has 122 valence electrons. The van der Waals surface area contributed by atoms with Crippen LogP contribution >= 0.6 is 0 Å². The third-order valence-corrected chi connectivity index (χ3v) is 4.36. The van der Waals surface area contributed by atoms with Crippen molar-refractivity contribution in [2.45, 2.75) is 45.3 Å². The first kappa shape index (κ1) is 16.6. The molecule has 1 aromatic carbocycles. The Morgan fingerprint density at radius 2 is 2.14 bits per heavy atom. The SMILES string of the molecule is CCN(C)c1ccccc1NC(=O)N1CCCC1C(C)(C)O. The summed E-state index contributed by atoms with van der Waals surface area (Å²) in [7, 11) is 2.00. The van der Waals surface area contributed by atoms with E-state index in [1.807, 2.05) is 31.3 Å². The van der Waals surface area contributed by atoms with Crippen molar-refractivity contribution < 1.29 is 9.90 Å². The zero-order valence-electron chi connectivity index (χ0n) is 14.0. The number of carbonyl (C=O) groups is 1. The van der Waals surface area contributed by atoms with Gasteiger partial charge in [0.25, 0.3) is 0 Å². The smallest absolute Gasteiger partial charge is 0.322 e. The summed E-state index contributed by atoms with van der Waals surface area (Å²) in [4.78, 5) is 16.5. The summed E-state index contributed by atoms with van der Waals surface area (Å²) in [5.74, 6) is 0. The lowest BCUT2D eigenvalue weighted by Gasteiger charge is -2.34. The summed E-state index contributed by atoms with van der Waals surface area (Å²) in [5.41, 5.74) is 0.920. The second-order valence-corrected chi connectivity index (χ2v) is 6.47. The number of carbonyl (C=O) groups excluding carboxylic acids is 1. The lowest BCUT2D eigenvalue weighted by atomic mass is 9.97. The van der Waals surface area contributed by atoms with Crippen molar-refractivity contribution >= 4 is 17.4 Å². The first-order valence-corrected chi connectivity index (χ1v) is 7.94. The van der Waals surface area contributed by atoms with Crippen LogP contribution in [0.5, 0.6) is 0 Å². The number of nitrogens with one attached hydrogen (secondary N) is 1. The van der Waals surface area contributed by atoms with E-state index in [0.717, 1.165) is 30.8 Å². The molecule has 5 heteroatoms. The van der Waals surface area contributed by atoms with Crippen molar-refractivity contribution in [2.24, 2.45) is 0 Å². The Bertz CT molecular complexity index is 525. The monoisotopic (exact) mass is 305 g/mol. The third kappa shape index (κ3) is 3.53. The van der Waals surface area contributed by atoms with Crippen LogP contribution in [0, 0.1) is 0 Å². The van der Waals surface area contributed by atoms with Gasteiger partial charge in [0.1, 0.15) is 0 Å². The number of benzene rings is 1. The number of rotatable bonds is 4. The standard InChI is InChI=1S/C17H27N3O2/c1-5-19(4)14-10-7-6-9-13(14)18-16(21)20-12-8-11-15(20)17(2,3)22/h6-7,9-10,15,22H,5,8,11-12H2,1-4H3,(H,18,21). The lowest BCUT2D eigenvalue weighted by Crippen LogP contribution is -2.49. The van der Waals surface area contributed by atoms with Gasteiger partial charge in [0.05, 0.1) is 23.0 Å². The van der Waals surface area contributed by atoms with Crippen molar-refractivity contribution in [3.05, 3.63) is 24.3 Å². The molecule has 1 saturated heterocycles. The molecule has 1 aliphatic heterocycles. The van der Waals surface area contributed by atoms with Gasteiger partial charge in [-0.15, -0.1) is 0 Å². The molecule has 2 amide bonds. The van der Waals surface area contributed by atoms with Gasteiger partial charge in [-0.3, -0.25) is 0 Å². The van der Waals surface area contributed by atoms with Gasteiger partial charge in [0, 0.05) is 20.1 Å². The number of urea groups is 1. The van der Waals surface area contributed by atoms with Gasteiger partial charge in [-0.2, -0.15) is 0 Å².